The Morgan fingerprint density at radius 2 is 1.77 bits per heavy atom. The second-order valence-electron chi connectivity index (χ2n) is 6.17. The molecule has 0 bridgehead atoms. The molecule has 0 radical (unpaired) electrons. The fraction of sp³-hybridized carbons (Fsp3) is 0.300. The van der Waals surface area contributed by atoms with Gasteiger partial charge in [0.15, 0.2) is 0 Å². The Balaban J connectivity index is 2.11. The Bertz CT molecular complexity index is 701. The third kappa shape index (κ3) is 2.93. The standard InChI is InChI=1S/C20H23NO/c1-21(2)14-6-10-17-16-8-4-3-7-15(16)12-13-19-18(17)9-5-11-20(19)22/h3-5,7-11,22H,6,12-14H2,1-2H3/b17-10-. The number of nitrogens with zero attached hydrogens (tertiary/aromatic N) is 1. The summed E-state index contributed by atoms with van der Waals surface area (Å²) in [5.41, 5.74) is 6.21. The van der Waals surface area contributed by atoms with E-state index in [9.17, 15) is 5.11 Å². The maximum absolute atomic E-state index is 10.3. The van der Waals surface area contributed by atoms with E-state index in [2.05, 4.69) is 55.4 Å². The van der Waals surface area contributed by atoms with Gasteiger partial charge in [-0.3, -0.25) is 0 Å². The van der Waals surface area contributed by atoms with Crippen molar-refractivity contribution >= 4 is 5.57 Å². The summed E-state index contributed by atoms with van der Waals surface area (Å²) in [5.74, 6) is 0.420. The van der Waals surface area contributed by atoms with E-state index in [1.54, 1.807) is 6.07 Å². The lowest BCUT2D eigenvalue weighted by molar-refractivity contribution is 0.417. The molecular formula is C20H23NO. The first kappa shape index (κ1) is 14.9. The number of aromatic hydroxyl groups is 1. The van der Waals surface area contributed by atoms with Crippen molar-refractivity contribution in [2.75, 3.05) is 20.6 Å². The van der Waals surface area contributed by atoms with Gasteiger partial charge in [-0.25, -0.2) is 0 Å². The summed E-state index contributed by atoms with van der Waals surface area (Å²) in [6.07, 6.45) is 5.20. The first-order chi connectivity index (χ1) is 10.7. The molecule has 2 nitrogen and oxygen atoms in total. The van der Waals surface area contributed by atoms with E-state index in [1.165, 1.54) is 22.3 Å². The summed E-state index contributed by atoms with van der Waals surface area (Å²) in [7, 11) is 4.19. The van der Waals surface area contributed by atoms with E-state index in [0.717, 1.165) is 31.4 Å². The highest BCUT2D eigenvalue weighted by Crippen LogP contribution is 2.37. The zero-order chi connectivity index (χ0) is 15.5. The molecule has 3 rings (SSSR count). The van der Waals surface area contributed by atoms with Crippen LogP contribution < -0.4 is 0 Å². The van der Waals surface area contributed by atoms with Crippen LogP contribution in [0.2, 0.25) is 0 Å². The number of phenolic OH excluding ortho intramolecular Hbond substituents is 1. The largest absolute Gasteiger partial charge is 0.508 e. The van der Waals surface area contributed by atoms with Gasteiger partial charge >= 0.3 is 0 Å². The fourth-order valence-corrected chi connectivity index (χ4v) is 3.18. The van der Waals surface area contributed by atoms with Crippen LogP contribution in [-0.2, 0) is 12.8 Å². The number of hydrogen-bond acceptors (Lipinski definition) is 2. The highest BCUT2D eigenvalue weighted by Gasteiger charge is 2.19. The highest BCUT2D eigenvalue weighted by molar-refractivity contribution is 5.84. The predicted molar refractivity (Wildman–Crippen MR) is 92.2 cm³/mol. The minimum absolute atomic E-state index is 0.420. The molecule has 22 heavy (non-hydrogen) atoms. The van der Waals surface area contributed by atoms with Crippen molar-refractivity contribution in [1.29, 1.82) is 0 Å². The van der Waals surface area contributed by atoms with Gasteiger partial charge in [0.2, 0.25) is 0 Å². The van der Waals surface area contributed by atoms with Crippen LogP contribution in [-0.4, -0.2) is 30.6 Å². The second kappa shape index (κ2) is 6.37. The average Bonchev–Trinajstić information content (AvgIpc) is 2.66. The summed E-state index contributed by atoms with van der Waals surface area (Å²) in [5, 5.41) is 10.3. The van der Waals surface area contributed by atoms with Gasteiger partial charge in [0.05, 0.1) is 0 Å². The minimum Gasteiger partial charge on any atom is -0.508 e. The second-order valence-corrected chi connectivity index (χ2v) is 6.17. The van der Waals surface area contributed by atoms with Crippen LogP contribution in [0.1, 0.15) is 28.7 Å². The van der Waals surface area contributed by atoms with Crippen molar-refractivity contribution in [2.45, 2.75) is 19.3 Å². The number of rotatable bonds is 3. The van der Waals surface area contributed by atoms with Gasteiger partial charge in [-0.15, -0.1) is 0 Å². The summed E-state index contributed by atoms with van der Waals surface area (Å²) in [4.78, 5) is 2.20. The third-order valence-electron chi connectivity index (χ3n) is 4.32. The summed E-state index contributed by atoms with van der Waals surface area (Å²) >= 11 is 0. The van der Waals surface area contributed by atoms with Crippen molar-refractivity contribution in [3.63, 3.8) is 0 Å². The van der Waals surface area contributed by atoms with Crippen molar-refractivity contribution in [1.82, 2.24) is 4.90 Å². The minimum atomic E-state index is 0.420. The van der Waals surface area contributed by atoms with Gasteiger partial charge in [-0.2, -0.15) is 0 Å². The molecule has 0 fully saturated rings. The molecule has 2 heteroatoms. The van der Waals surface area contributed by atoms with Crippen LogP contribution in [0.4, 0.5) is 0 Å². The molecule has 0 aromatic heterocycles. The first-order valence-electron chi connectivity index (χ1n) is 7.91. The molecule has 0 heterocycles. The van der Waals surface area contributed by atoms with Gasteiger partial charge in [0.25, 0.3) is 0 Å². The van der Waals surface area contributed by atoms with Crippen LogP contribution >= 0.6 is 0 Å². The van der Waals surface area contributed by atoms with Crippen molar-refractivity contribution in [3.8, 4) is 5.75 Å². The zero-order valence-corrected chi connectivity index (χ0v) is 13.3. The molecule has 114 valence electrons. The molecule has 2 aromatic carbocycles. The zero-order valence-electron chi connectivity index (χ0n) is 13.3. The van der Waals surface area contributed by atoms with Gasteiger partial charge in [-0.1, -0.05) is 42.5 Å². The summed E-state index contributed by atoms with van der Waals surface area (Å²) in [6, 6.07) is 14.5. The molecule has 1 aliphatic rings. The summed E-state index contributed by atoms with van der Waals surface area (Å²) < 4.78 is 0. The Hall–Kier alpha value is -2.06. The predicted octanol–water partition coefficient (Wildman–Crippen LogP) is 3.87. The van der Waals surface area contributed by atoms with Gasteiger partial charge < -0.3 is 10.0 Å². The topological polar surface area (TPSA) is 23.5 Å². The van der Waals surface area contributed by atoms with E-state index in [0.29, 0.717) is 5.75 Å². The Kier molecular flexibility index (Phi) is 4.30. The van der Waals surface area contributed by atoms with Gasteiger partial charge in [0.1, 0.15) is 5.75 Å². The van der Waals surface area contributed by atoms with Crippen molar-refractivity contribution in [3.05, 3.63) is 70.8 Å². The van der Waals surface area contributed by atoms with Gasteiger partial charge in [-0.05, 0) is 61.7 Å². The molecule has 1 N–H and O–H groups in total. The number of benzene rings is 2. The van der Waals surface area contributed by atoms with Gasteiger partial charge in [0, 0.05) is 12.1 Å². The third-order valence-corrected chi connectivity index (χ3v) is 4.32. The molecule has 0 atom stereocenters. The van der Waals surface area contributed by atoms with Crippen LogP contribution in [0.5, 0.6) is 5.75 Å². The summed E-state index contributed by atoms with van der Waals surface area (Å²) in [6.45, 7) is 1.03. The molecule has 0 saturated heterocycles. The number of hydrogen-bond donors (Lipinski definition) is 1. The smallest absolute Gasteiger partial charge is 0.119 e. The molecular weight excluding hydrogens is 270 g/mol. The number of phenols is 1. The molecule has 0 unspecified atom stereocenters. The maximum Gasteiger partial charge on any atom is 0.119 e. The lowest BCUT2D eigenvalue weighted by Gasteiger charge is -2.14. The Morgan fingerprint density at radius 3 is 2.59 bits per heavy atom. The first-order valence-corrected chi connectivity index (χ1v) is 7.91. The fourth-order valence-electron chi connectivity index (χ4n) is 3.18. The lowest BCUT2D eigenvalue weighted by Crippen LogP contribution is -2.12. The quantitative estimate of drug-likeness (QED) is 0.928. The van der Waals surface area contributed by atoms with Crippen LogP contribution in [0.25, 0.3) is 5.57 Å². The van der Waals surface area contributed by atoms with Crippen LogP contribution in [0.3, 0.4) is 0 Å². The molecule has 0 amide bonds. The maximum atomic E-state index is 10.3. The van der Waals surface area contributed by atoms with E-state index in [-0.39, 0.29) is 0 Å². The number of aryl methyl sites for hydroxylation is 1. The van der Waals surface area contributed by atoms with Crippen LogP contribution in [0, 0.1) is 0 Å². The Morgan fingerprint density at radius 1 is 1.00 bits per heavy atom. The van der Waals surface area contributed by atoms with E-state index in [1.807, 2.05) is 6.07 Å². The molecule has 0 spiro atoms. The molecule has 0 aliphatic heterocycles. The normalized spacial score (nSPS) is 15.5. The monoisotopic (exact) mass is 293 g/mol. The molecule has 0 saturated carbocycles. The SMILES string of the molecule is CN(C)CC/C=C1/c2ccccc2CCc2c(O)cccc21. The van der Waals surface area contributed by atoms with E-state index >= 15 is 0 Å². The number of fused-ring (bicyclic) bond motifs is 2. The van der Waals surface area contributed by atoms with Crippen molar-refractivity contribution in [2.24, 2.45) is 0 Å². The molecule has 1 aliphatic carbocycles. The van der Waals surface area contributed by atoms with E-state index < -0.39 is 0 Å². The Labute approximate surface area is 132 Å². The van der Waals surface area contributed by atoms with Crippen LogP contribution in [0.15, 0.2) is 48.5 Å². The van der Waals surface area contributed by atoms with Crippen molar-refractivity contribution < 1.29 is 5.11 Å². The molecule has 2 aromatic rings. The van der Waals surface area contributed by atoms with E-state index in [4.69, 9.17) is 0 Å². The average molecular weight is 293 g/mol. The lowest BCUT2D eigenvalue weighted by atomic mass is 9.93. The highest BCUT2D eigenvalue weighted by atomic mass is 16.3.